The zero-order valence-electron chi connectivity index (χ0n) is 12.3. The van der Waals surface area contributed by atoms with Crippen molar-refractivity contribution >= 4 is 0 Å². The van der Waals surface area contributed by atoms with Crippen molar-refractivity contribution < 1.29 is 4.74 Å². The molecular weight excluding hydrogens is 234 g/mol. The minimum Gasteiger partial charge on any atom is -0.377 e. The van der Waals surface area contributed by atoms with Crippen molar-refractivity contribution in [3.05, 3.63) is 35.4 Å². The van der Waals surface area contributed by atoms with Gasteiger partial charge < -0.3 is 10.1 Å². The zero-order valence-corrected chi connectivity index (χ0v) is 12.3. The van der Waals surface area contributed by atoms with E-state index in [0.717, 1.165) is 44.6 Å². The Labute approximate surface area is 117 Å². The molecule has 1 fully saturated rings. The van der Waals surface area contributed by atoms with Crippen LogP contribution in [0, 0.1) is 5.92 Å². The Hall–Kier alpha value is -0.860. The van der Waals surface area contributed by atoms with Gasteiger partial charge in [0, 0.05) is 12.6 Å². The molecule has 0 saturated heterocycles. The first-order valence-corrected chi connectivity index (χ1v) is 7.63. The summed E-state index contributed by atoms with van der Waals surface area (Å²) >= 11 is 0. The zero-order chi connectivity index (χ0) is 13.5. The molecule has 0 aliphatic heterocycles. The fourth-order valence-electron chi connectivity index (χ4n) is 2.14. The monoisotopic (exact) mass is 261 g/mol. The highest BCUT2D eigenvalue weighted by Crippen LogP contribution is 2.19. The number of nitrogens with one attached hydrogen (secondary N) is 1. The van der Waals surface area contributed by atoms with Gasteiger partial charge in [-0.2, -0.15) is 0 Å². The van der Waals surface area contributed by atoms with Crippen LogP contribution in [0.5, 0.6) is 0 Å². The SMILES string of the molecule is CC(C)CCOCc1ccccc1CCNC1CC1. The van der Waals surface area contributed by atoms with E-state index < -0.39 is 0 Å². The molecule has 1 aliphatic rings. The van der Waals surface area contributed by atoms with Crippen LogP contribution in [0.3, 0.4) is 0 Å². The first-order valence-electron chi connectivity index (χ1n) is 7.63. The van der Waals surface area contributed by atoms with Crippen molar-refractivity contribution in [1.82, 2.24) is 5.32 Å². The number of rotatable bonds is 9. The van der Waals surface area contributed by atoms with E-state index in [2.05, 4.69) is 43.4 Å². The summed E-state index contributed by atoms with van der Waals surface area (Å²) in [7, 11) is 0. The first-order chi connectivity index (χ1) is 9.25. The second-order valence-electron chi connectivity index (χ2n) is 5.98. The molecule has 0 aromatic heterocycles. The summed E-state index contributed by atoms with van der Waals surface area (Å²) in [6.07, 6.45) is 4.98. The van der Waals surface area contributed by atoms with Crippen LogP contribution in [0.25, 0.3) is 0 Å². The number of benzene rings is 1. The van der Waals surface area contributed by atoms with Crippen LogP contribution in [-0.2, 0) is 17.8 Å². The van der Waals surface area contributed by atoms with E-state index >= 15 is 0 Å². The van der Waals surface area contributed by atoms with Crippen LogP contribution in [0.15, 0.2) is 24.3 Å². The van der Waals surface area contributed by atoms with Crippen LogP contribution in [0.1, 0.15) is 44.2 Å². The number of ether oxygens (including phenoxy) is 1. The van der Waals surface area contributed by atoms with Crippen LogP contribution in [0.2, 0.25) is 0 Å². The van der Waals surface area contributed by atoms with Gasteiger partial charge in [-0.15, -0.1) is 0 Å². The first kappa shape index (κ1) is 14.5. The van der Waals surface area contributed by atoms with Gasteiger partial charge in [-0.05, 0) is 49.3 Å². The predicted molar refractivity (Wildman–Crippen MR) is 80.3 cm³/mol. The van der Waals surface area contributed by atoms with Gasteiger partial charge in [0.1, 0.15) is 0 Å². The lowest BCUT2D eigenvalue weighted by molar-refractivity contribution is 0.110. The highest BCUT2D eigenvalue weighted by atomic mass is 16.5. The van der Waals surface area contributed by atoms with Crippen LogP contribution >= 0.6 is 0 Å². The molecule has 106 valence electrons. The van der Waals surface area contributed by atoms with Gasteiger partial charge in [-0.3, -0.25) is 0 Å². The van der Waals surface area contributed by atoms with Gasteiger partial charge in [-0.25, -0.2) is 0 Å². The second kappa shape index (κ2) is 7.66. The summed E-state index contributed by atoms with van der Waals surface area (Å²) in [5.41, 5.74) is 2.78. The molecule has 1 saturated carbocycles. The largest absolute Gasteiger partial charge is 0.377 e. The molecule has 2 heteroatoms. The molecule has 19 heavy (non-hydrogen) atoms. The molecule has 0 unspecified atom stereocenters. The van der Waals surface area contributed by atoms with Crippen molar-refractivity contribution in [2.24, 2.45) is 5.92 Å². The standard InChI is InChI=1S/C17H27NO/c1-14(2)10-12-19-13-16-6-4-3-5-15(16)9-11-18-17-7-8-17/h3-6,14,17-18H,7-13H2,1-2H3. The highest BCUT2D eigenvalue weighted by molar-refractivity contribution is 5.26. The van der Waals surface area contributed by atoms with Gasteiger partial charge in [0.2, 0.25) is 0 Å². The average molecular weight is 261 g/mol. The van der Waals surface area contributed by atoms with Crippen molar-refractivity contribution in [2.75, 3.05) is 13.2 Å². The van der Waals surface area contributed by atoms with Gasteiger partial charge in [0.05, 0.1) is 6.61 Å². The lowest BCUT2D eigenvalue weighted by atomic mass is 10.1. The van der Waals surface area contributed by atoms with Crippen molar-refractivity contribution in [2.45, 2.75) is 52.2 Å². The molecule has 1 aromatic carbocycles. The summed E-state index contributed by atoms with van der Waals surface area (Å²) in [5, 5.41) is 3.57. The maximum atomic E-state index is 5.79. The van der Waals surface area contributed by atoms with Crippen LogP contribution in [0.4, 0.5) is 0 Å². The minimum absolute atomic E-state index is 0.720. The molecule has 1 N–H and O–H groups in total. The summed E-state index contributed by atoms with van der Waals surface area (Å²) in [6, 6.07) is 9.47. The van der Waals surface area contributed by atoms with E-state index in [0.29, 0.717) is 0 Å². The van der Waals surface area contributed by atoms with Crippen molar-refractivity contribution in [3.8, 4) is 0 Å². The van der Waals surface area contributed by atoms with Crippen LogP contribution in [-0.4, -0.2) is 19.2 Å². The molecule has 0 heterocycles. The Morgan fingerprint density at radius 2 is 1.95 bits per heavy atom. The molecule has 1 aliphatic carbocycles. The van der Waals surface area contributed by atoms with E-state index in [-0.39, 0.29) is 0 Å². The van der Waals surface area contributed by atoms with E-state index in [4.69, 9.17) is 4.74 Å². The fourth-order valence-corrected chi connectivity index (χ4v) is 2.14. The van der Waals surface area contributed by atoms with Crippen molar-refractivity contribution in [1.29, 1.82) is 0 Å². The van der Waals surface area contributed by atoms with Gasteiger partial charge >= 0.3 is 0 Å². The smallest absolute Gasteiger partial charge is 0.0719 e. The molecule has 2 rings (SSSR count). The average Bonchev–Trinajstić information content (AvgIpc) is 3.20. The Kier molecular flexibility index (Phi) is 5.87. The van der Waals surface area contributed by atoms with E-state index in [1.165, 1.54) is 24.0 Å². The Morgan fingerprint density at radius 3 is 2.63 bits per heavy atom. The van der Waals surface area contributed by atoms with Gasteiger partial charge in [0.15, 0.2) is 0 Å². The topological polar surface area (TPSA) is 21.3 Å². The highest BCUT2D eigenvalue weighted by Gasteiger charge is 2.19. The molecule has 1 aromatic rings. The Balaban J connectivity index is 1.74. The summed E-state index contributed by atoms with van der Waals surface area (Å²) in [6.45, 7) is 7.19. The summed E-state index contributed by atoms with van der Waals surface area (Å²) in [5.74, 6) is 0.720. The normalized spacial score (nSPS) is 15.1. The van der Waals surface area contributed by atoms with Crippen molar-refractivity contribution in [3.63, 3.8) is 0 Å². The molecular formula is C17H27NO. The predicted octanol–water partition coefficient (Wildman–Crippen LogP) is 3.54. The molecule has 2 nitrogen and oxygen atoms in total. The number of hydrogen-bond acceptors (Lipinski definition) is 2. The van der Waals surface area contributed by atoms with Gasteiger partial charge in [-0.1, -0.05) is 38.1 Å². The van der Waals surface area contributed by atoms with E-state index in [1.54, 1.807) is 0 Å². The lowest BCUT2D eigenvalue weighted by Crippen LogP contribution is -2.19. The molecule has 0 atom stereocenters. The minimum atomic E-state index is 0.720. The maximum absolute atomic E-state index is 5.79. The van der Waals surface area contributed by atoms with E-state index in [1.807, 2.05) is 0 Å². The Morgan fingerprint density at radius 1 is 1.21 bits per heavy atom. The third-order valence-electron chi connectivity index (χ3n) is 3.62. The number of hydrogen-bond donors (Lipinski definition) is 1. The fraction of sp³-hybridized carbons (Fsp3) is 0.647. The van der Waals surface area contributed by atoms with Crippen LogP contribution < -0.4 is 5.32 Å². The molecule has 0 bridgehead atoms. The Bertz CT molecular complexity index is 371. The van der Waals surface area contributed by atoms with E-state index in [9.17, 15) is 0 Å². The third-order valence-corrected chi connectivity index (χ3v) is 3.62. The molecule has 0 amide bonds. The second-order valence-corrected chi connectivity index (χ2v) is 5.98. The molecule has 0 spiro atoms. The summed E-state index contributed by atoms with van der Waals surface area (Å²) < 4.78 is 5.79. The molecule has 0 radical (unpaired) electrons. The summed E-state index contributed by atoms with van der Waals surface area (Å²) in [4.78, 5) is 0. The maximum Gasteiger partial charge on any atom is 0.0719 e. The van der Waals surface area contributed by atoms with Gasteiger partial charge in [0.25, 0.3) is 0 Å². The lowest BCUT2D eigenvalue weighted by Gasteiger charge is -2.11. The third kappa shape index (κ3) is 5.75. The quantitative estimate of drug-likeness (QED) is 0.686.